The first kappa shape index (κ1) is 11.9. The third kappa shape index (κ3) is 2.96. The first-order chi connectivity index (χ1) is 7.79. The minimum absolute atomic E-state index is 0.694. The van der Waals surface area contributed by atoms with Crippen molar-refractivity contribution >= 4 is 11.6 Å². The lowest BCUT2D eigenvalue weighted by atomic mass is 9.82. The summed E-state index contributed by atoms with van der Waals surface area (Å²) in [6, 6.07) is 2.74. The molecule has 0 radical (unpaired) electrons. The van der Waals surface area contributed by atoms with Crippen molar-refractivity contribution in [1.29, 1.82) is 0 Å². The van der Waals surface area contributed by atoms with Gasteiger partial charge in [-0.1, -0.05) is 24.4 Å². The quantitative estimate of drug-likeness (QED) is 0.876. The lowest BCUT2D eigenvalue weighted by molar-refractivity contribution is 0.294. The maximum atomic E-state index is 6.14. The number of pyridine rings is 1. The van der Waals surface area contributed by atoms with Crippen molar-refractivity contribution in [2.45, 2.75) is 38.1 Å². The zero-order valence-corrected chi connectivity index (χ0v) is 10.5. The van der Waals surface area contributed by atoms with E-state index < -0.39 is 0 Å². The van der Waals surface area contributed by atoms with E-state index in [1.165, 1.54) is 31.2 Å². The Labute approximate surface area is 102 Å². The maximum Gasteiger partial charge on any atom is 0.0621 e. The molecule has 0 aromatic carbocycles. The Bertz CT molecular complexity index is 340. The summed E-state index contributed by atoms with van der Waals surface area (Å²) < 4.78 is 0. The molecule has 1 aliphatic rings. The number of rotatable bonds is 3. The van der Waals surface area contributed by atoms with Gasteiger partial charge in [0.15, 0.2) is 0 Å². The molecule has 0 aliphatic heterocycles. The van der Waals surface area contributed by atoms with E-state index in [1.54, 1.807) is 6.20 Å². The summed E-state index contributed by atoms with van der Waals surface area (Å²) in [5.74, 6) is 0.770. The van der Waals surface area contributed by atoms with E-state index in [1.807, 2.05) is 12.3 Å². The Balaban J connectivity index is 1.97. The number of nitrogens with zero attached hydrogens (tertiary/aromatic N) is 1. The van der Waals surface area contributed by atoms with Gasteiger partial charge in [-0.25, -0.2) is 0 Å². The van der Waals surface area contributed by atoms with Crippen molar-refractivity contribution in [3.05, 3.63) is 29.0 Å². The molecule has 0 bridgehead atoms. The second kappa shape index (κ2) is 5.65. The van der Waals surface area contributed by atoms with Crippen molar-refractivity contribution in [3.63, 3.8) is 0 Å². The van der Waals surface area contributed by atoms with Gasteiger partial charge >= 0.3 is 0 Å². The molecule has 1 N–H and O–H groups in total. The van der Waals surface area contributed by atoms with Gasteiger partial charge < -0.3 is 5.32 Å². The number of aromatic nitrogens is 1. The summed E-state index contributed by atoms with van der Waals surface area (Å²) in [6.45, 7) is 0. The summed E-state index contributed by atoms with van der Waals surface area (Å²) in [5, 5.41) is 4.20. The second-order valence-electron chi connectivity index (χ2n) is 4.69. The lowest BCUT2D eigenvalue weighted by Crippen LogP contribution is -2.31. The third-order valence-electron chi connectivity index (χ3n) is 3.56. The van der Waals surface area contributed by atoms with Crippen LogP contribution in [0.25, 0.3) is 0 Å². The Morgan fingerprint density at radius 2 is 2.38 bits per heavy atom. The molecule has 1 aromatic heterocycles. The van der Waals surface area contributed by atoms with E-state index in [0.29, 0.717) is 6.04 Å². The van der Waals surface area contributed by atoms with Crippen molar-refractivity contribution in [2.24, 2.45) is 5.92 Å². The van der Waals surface area contributed by atoms with Crippen LogP contribution in [0.5, 0.6) is 0 Å². The highest BCUT2D eigenvalue weighted by Crippen LogP contribution is 2.29. The van der Waals surface area contributed by atoms with Crippen molar-refractivity contribution in [2.75, 3.05) is 7.05 Å². The molecule has 1 fully saturated rings. The average molecular weight is 239 g/mol. The van der Waals surface area contributed by atoms with Crippen LogP contribution in [0.15, 0.2) is 18.5 Å². The topological polar surface area (TPSA) is 24.9 Å². The normalized spacial score (nSPS) is 25.6. The predicted molar refractivity (Wildman–Crippen MR) is 67.8 cm³/mol. The van der Waals surface area contributed by atoms with E-state index in [0.717, 1.165) is 17.4 Å². The highest BCUT2D eigenvalue weighted by molar-refractivity contribution is 6.31. The van der Waals surface area contributed by atoms with Gasteiger partial charge in [0.05, 0.1) is 5.02 Å². The summed E-state index contributed by atoms with van der Waals surface area (Å²) in [7, 11) is 2.06. The molecule has 1 aliphatic carbocycles. The minimum Gasteiger partial charge on any atom is -0.317 e. The van der Waals surface area contributed by atoms with Gasteiger partial charge in [-0.3, -0.25) is 4.98 Å². The van der Waals surface area contributed by atoms with Crippen LogP contribution in [0.3, 0.4) is 0 Å². The molecular formula is C13H19ClN2. The van der Waals surface area contributed by atoms with Crippen LogP contribution < -0.4 is 5.32 Å². The summed E-state index contributed by atoms with van der Waals surface area (Å²) in [6.07, 6.45) is 9.93. The Kier molecular flexibility index (Phi) is 4.19. The fraction of sp³-hybridized carbons (Fsp3) is 0.615. The standard InChI is InChI=1S/C13H19ClN2/c1-15-12-4-2-3-10(8-12)7-11-5-6-16-9-13(11)14/h5-6,9-10,12,15H,2-4,7-8H2,1H3. The van der Waals surface area contributed by atoms with Gasteiger partial charge in [0.25, 0.3) is 0 Å². The summed E-state index contributed by atoms with van der Waals surface area (Å²) in [5.41, 5.74) is 1.25. The average Bonchev–Trinajstić information content (AvgIpc) is 2.32. The van der Waals surface area contributed by atoms with E-state index in [-0.39, 0.29) is 0 Å². The molecule has 0 amide bonds. The maximum absolute atomic E-state index is 6.14. The second-order valence-corrected chi connectivity index (χ2v) is 5.10. The molecule has 1 saturated carbocycles. The molecule has 0 spiro atoms. The molecule has 2 rings (SSSR count). The van der Waals surface area contributed by atoms with E-state index >= 15 is 0 Å². The van der Waals surface area contributed by atoms with Crippen LogP contribution >= 0.6 is 11.6 Å². The molecule has 1 aromatic rings. The molecule has 1 heterocycles. The van der Waals surface area contributed by atoms with Crippen LogP contribution in [-0.2, 0) is 6.42 Å². The van der Waals surface area contributed by atoms with Gasteiger partial charge in [0, 0.05) is 18.4 Å². The fourth-order valence-corrected chi connectivity index (χ4v) is 2.82. The van der Waals surface area contributed by atoms with E-state index in [2.05, 4.69) is 17.3 Å². The highest BCUT2D eigenvalue weighted by Gasteiger charge is 2.21. The van der Waals surface area contributed by atoms with Gasteiger partial charge in [-0.2, -0.15) is 0 Å². The van der Waals surface area contributed by atoms with Gasteiger partial charge in [-0.05, 0) is 43.9 Å². The first-order valence-corrected chi connectivity index (χ1v) is 6.43. The number of halogens is 1. The highest BCUT2D eigenvalue weighted by atomic mass is 35.5. The lowest BCUT2D eigenvalue weighted by Gasteiger charge is -2.29. The Morgan fingerprint density at radius 3 is 3.12 bits per heavy atom. The molecule has 2 nitrogen and oxygen atoms in total. The molecule has 2 atom stereocenters. The third-order valence-corrected chi connectivity index (χ3v) is 3.90. The number of nitrogens with one attached hydrogen (secondary N) is 1. The number of hydrogen-bond donors (Lipinski definition) is 1. The van der Waals surface area contributed by atoms with Gasteiger partial charge in [0.1, 0.15) is 0 Å². The molecule has 3 heteroatoms. The molecule has 2 unspecified atom stereocenters. The predicted octanol–water partition coefficient (Wildman–Crippen LogP) is 3.06. The summed E-state index contributed by atoms with van der Waals surface area (Å²) in [4.78, 5) is 4.02. The van der Waals surface area contributed by atoms with Crippen molar-refractivity contribution in [3.8, 4) is 0 Å². The molecule has 88 valence electrons. The van der Waals surface area contributed by atoms with Crippen LogP contribution in [0.4, 0.5) is 0 Å². The first-order valence-electron chi connectivity index (χ1n) is 6.05. The van der Waals surface area contributed by atoms with Crippen molar-refractivity contribution in [1.82, 2.24) is 10.3 Å². The van der Waals surface area contributed by atoms with E-state index in [9.17, 15) is 0 Å². The molecular weight excluding hydrogens is 220 g/mol. The van der Waals surface area contributed by atoms with Crippen molar-refractivity contribution < 1.29 is 0 Å². The van der Waals surface area contributed by atoms with Crippen LogP contribution in [-0.4, -0.2) is 18.1 Å². The largest absolute Gasteiger partial charge is 0.317 e. The smallest absolute Gasteiger partial charge is 0.0621 e. The van der Waals surface area contributed by atoms with Crippen LogP contribution in [0.2, 0.25) is 5.02 Å². The fourth-order valence-electron chi connectivity index (χ4n) is 2.62. The summed E-state index contributed by atoms with van der Waals surface area (Å²) >= 11 is 6.14. The zero-order chi connectivity index (χ0) is 11.4. The monoisotopic (exact) mass is 238 g/mol. The Hall–Kier alpha value is -0.600. The van der Waals surface area contributed by atoms with Crippen LogP contribution in [0.1, 0.15) is 31.2 Å². The van der Waals surface area contributed by atoms with E-state index in [4.69, 9.17) is 11.6 Å². The minimum atomic E-state index is 0.694. The zero-order valence-electron chi connectivity index (χ0n) is 9.75. The molecule has 0 saturated heterocycles. The van der Waals surface area contributed by atoms with Crippen LogP contribution in [0, 0.1) is 5.92 Å². The Morgan fingerprint density at radius 1 is 1.50 bits per heavy atom. The van der Waals surface area contributed by atoms with Gasteiger partial charge in [0.2, 0.25) is 0 Å². The number of hydrogen-bond acceptors (Lipinski definition) is 2. The SMILES string of the molecule is CNC1CCCC(Cc2ccncc2Cl)C1. The molecule has 16 heavy (non-hydrogen) atoms. The van der Waals surface area contributed by atoms with Gasteiger partial charge in [-0.15, -0.1) is 0 Å².